The van der Waals surface area contributed by atoms with Crippen molar-refractivity contribution in [1.29, 1.82) is 0 Å². The van der Waals surface area contributed by atoms with Crippen LogP contribution in [0.2, 0.25) is 0 Å². The van der Waals surface area contributed by atoms with Crippen LogP contribution in [-0.2, 0) is 0 Å². The summed E-state index contributed by atoms with van der Waals surface area (Å²) in [5.41, 5.74) is 11.0. The van der Waals surface area contributed by atoms with Gasteiger partial charge >= 0.3 is 0 Å². The van der Waals surface area contributed by atoms with Crippen LogP contribution in [0.15, 0.2) is 25.2 Å². The predicted molar refractivity (Wildman–Crippen MR) is 78.3 cm³/mol. The average Bonchev–Trinajstić information content (AvgIpc) is 2.29. The first-order chi connectivity index (χ1) is 8.51. The van der Waals surface area contributed by atoms with Gasteiger partial charge in [0.2, 0.25) is 5.96 Å². The van der Waals surface area contributed by atoms with Gasteiger partial charge in [0.05, 0.1) is 24.9 Å². The predicted octanol–water partition coefficient (Wildman–Crippen LogP) is 1.84. The maximum Gasteiger partial charge on any atom is 0.211 e. The Morgan fingerprint density at radius 2 is 1.83 bits per heavy atom. The Bertz CT molecular complexity index is 499. The maximum absolute atomic E-state index is 5.28. The van der Waals surface area contributed by atoms with E-state index in [0.29, 0.717) is 21.5 Å². The molecule has 0 spiro atoms. The average molecular weight is 380 g/mol. The summed E-state index contributed by atoms with van der Waals surface area (Å²) >= 11 is 6.78. The molecule has 18 heavy (non-hydrogen) atoms. The molecule has 0 amide bonds. The van der Waals surface area contributed by atoms with Crippen molar-refractivity contribution in [2.45, 2.75) is 0 Å². The Balaban J connectivity index is 3.28. The first kappa shape index (κ1) is 14.8. The van der Waals surface area contributed by atoms with Gasteiger partial charge in [-0.15, -0.1) is 5.10 Å². The normalized spacial score (nSPS) is 10.4. The smallest absolute Gasteiger partial charge is 0.211 e. The fourth-order valence-corrected chi connectivity index (χ4v) is 2.89. The van der Waals surface area contributed by atoms with Crippen LogP contribution in [0.1, 0.15) is 5.56 Å². The minimum Gasteiger partial charge on any atom is -0.495 e. The highest BCUT2D eigenvalue weighted by atomic mass is 79.9. The SMILES string of the molecule is COc1c(Br)cc(/C=N\N=C(N)N)c(OC)c1Br. The van der Waals surface area contributed by atoms with Gasteiger partial charge < -0.3 is 20.9 Å². The minimum absolute atomic E-state index is 0.114. The first-order valence-electron chi connectivity index (χ1n) is 4.73. The molecule has 0 saturated heterocycles. The van der Waals surface area contributed by atoms with Crippen LogP contribution >= 0.6 is 31.9 Å². The summed E-state index contributed by atoms with van der Waals surface area (Å²) in [4.78, 5) is 0. The van der Waals surface area contributed by atoms with Crippen molar-refractivity contribution in [2.75, 3.05) is 14.2 Å². The molecule has 0 aromatic heterocycles. The molecule has 98 valence electrons. The molecule has 0 fully saturated rings. The molecule has 0 heterocycles. The molecular formula is C10H12Br2N4O2. The van der Waals surface area contributed by atoms with E-state index < -0.39 is 0 Å². The summed E-state index contributed by atoms with van der Waals surface area (Å²) in [7, 11) is 3.11. The van der Waals surface area contributed by atoms with Crippen molar-refractivity contribution in [2.24, 2.45) is 21.7 Å². The Morgan fingerprint density at radius 3 is 2.33 bits per heavy atom. The van der Waals surface area contributed by atoms with E-state index in [0.717, 1.165) is 4.47 Å². The summed E-state index contributed by atoms with van der Waals surface area (Å²) in [5, 5.41) is 7.26. The highest BCUT2D eigenvalue weighted by molar-refractivity contribution is 9.11. The van der Waals surface area contributed by atoms with Crippen LogP contribution in [-0.4, -0.2) is 26.4 Å². The Kier molecular flexibility index (Phi) is 5.42. The van der Waals surface area contributed by atoms with E-state index in [1.165, 1.54) is 6.21 Å². The lowest BCUT2D eigenvalue weighted by atomic mass is 10.2. The van der Waals surface area contributed by atoms with Crippen molar-refractivity contribution in [3.8, 4) is 11.5 Å². The van der Waals surface area contributed by atoms with E-state index in [1.54, 1.807) is 20.3 Å². The zero-order chi connectivity index (χ0) is 13.7. The second-order valence-electron chi connectivity index (χ2n) is 3.10. The van der Waals surface area contributed by atoms with Gasteiger partial charge in [0.15, 0.2) is 5.75 Å². The number of nitrogens with zero attached hydrogens (tertiary/aromatic N) is 2. The topological polar surface area (TPSA) is 95.2 Å². The summed E-state index contributed by atoms with van der Waals surface area (Å²) in [6.45, 7) is 0. The quantitative estimate of drug-likeness (QED) is 0.474. The van der Waals surface area contributed by atoms with Gasteiger partial charge in [0.1, 0.15) is 10.2 Å². The Morgan fingerprint density at radius 1 is 1.22 bits per heavy atom. The van der Waals surface area contributed by atoms with E-state index in [9.17, 15) is 0 Å². The monoisotopic (exact) mass is 378 g/mol. The van der Waals surface area contributed by atoms with Gasteiger partial charge in [0.25, 0.3) is 0 Å². The first-order valence-corrected chi connectivity index (χ1v) is 6.31. The lowest BCUT2D eigenvalue weighted by Crippen LogP contribution is -2.21. The minimum atomic E-state index is -0.114. The molecule has 0 bridgehead atoms. The fraction of sp³-hybridized carbons (Fsp3) is 0.200. The maximum atomic E-state index is 5.28. The van der Waals surface area contributed by atoms with Crippen LogP contribution in [0.5, 0.6) is 11.5 Å². The van der Waals surface area contributed by atoms with Crippen molar-refractivity contribution in [3.05, 3.63) is 20.6 Å². The van der Waals surface area contributed by atoms with Gasteiger partial charge in [-0.1, -0.05) is 0 Å². The third kappa shape index (κ3) is 3.36. The molecule has 8 heteroatoms. The molecular weight excluding hydrogens is 368 g/mol. The lowest BCUT2D eigenvalue weighted by Gasteiger charge is -2.12. The van der Waals surface area contributed by atoms with Gasteiger partial charge in [-0.3, -0.25) is 0 Å². The van der Waals surface area contributed by atoms with Crippen molar-refractivity contribution in [1.82, 2.24) is 0 Å². The molecule has 4 N–H and O–H groups in total. The molecule has 0 atom stereocenters. The molecule has 6 nitrogen and oxygen atoms in total. The van der Waals surface area contributed by atoms with Crippen molar-refractivity contribution in [3.63, 3.8) is 0 Å². The number of nitrogens with two attached hydrogens (primary N) is 2. The van der Waals surface area contributed by atoms with E-state index in [-0.39, 0.29) is 5.96 Å². The van der Waals surface area contributed by atoms with Gasteiger partial charge in [-0.25, -0.2) is 0 Å². The van der Waals surface area contributed by atoms with Crippen molar-refractivity contribution >= 4 is 44.0 Å². The van der Waals surface area contributed by atoms with Crippen LogP contribution in [0, 0.1) is 0 Å². The molecule has 0 aliphatic rings. The molecule has 0 unspecified atom stereocenters. The number of halogens is 2. The molecule has 1 rings (SSSR count). The molecule has 0 aliphatic heterocycles. The van der Waals surface area contributed by atoms with Crippen molar-refractivity contribution < 1.29 is 9.47 Å². The van der Waals surface area contributed by atoms with E-state index in [2.05, 4.69) is 42.1 Å². The number of benzene rings is 1. The van der Waals surface area contributed by atoms with Gasteiger partial charge in [-0.05, 0) is 37.9 Å². The lowest BCUT2D eigenvalue weighted by molar-refractivity contribution is 0.387. The Labute approximate surface area is 121 Å². The molecule has 0 aliphatic carbocycles. The van der Waals surface area contributed by atoms with Crippen LogP contribution in [0.25, 0.3) is 0 Å². The number of hydrogen-bond acceptors (Lipinski definition) is 4. The largest absolute Gasteiger partial charge is 0.495 e. The summed E-state index contributed by atoms with van der Waals surface area (Å²) in [6, 6.07) is 1.79. The van der Waals surface area contributed by atoms with Gasteiger partial charge in [-0.2, -0.15) is 5.10 Å². The summed E-state index contributed by atoms with van der Waals surface area (Å²) in [6.07, 6.45) is 1.48. The van der Waals surface area contributed by atoms with Crippen LogP contribution < -0.4 is 20.9 Å². The highest BCUT2D eigenvalue weighted by Gasteiger charge is 2.15. The molecule has 0 radical (unpaired) electrons. The van der Waals surface area contributed by atoms with Crippen LogP contribution in [0.3, 0.4) is 0 Å². The summed E-state index contributed by atoms with van der Waals surface area (Å²) < 4.78 is 11.9. The standard InChI is InChI=1S/C10H12Br2N4O2/c1-17-8-5(4-15-16-10(13)14)3-6(11)9(18-2)7(8)12/h3-4H,1-2H3,(H4,13,14,16)/b15-4-. The molecule has 1 aromatic carbocycles. The number of ether oxygens (including phenoxy) is 2. The number of methoxy groups -OCH3 is 2. The third-order valence-electron chi connectivity index (χ3n) is 1.94. The second kappa shape index (κ2) is 6.60. The third-order valence-corrected chi connectivity index (χ3v) is 3.25. The van der Waals surface area contributed by atoms with E-state index in [4.69, 9.17) is 20.9 Å². The zero-order valence-corrected chi connectivity index (χ0v) is 12.9. The van der Waals surface area contributed by atoms with Crippen LogP contribution in [0.4, 0.5) is 0 Å². The molecule has 0 saturated carbocycles. The fourth-order valence-electron chi connectivity index (χ4n) is 1.25. The molecule has 1 aromatic rings. The van der Waals surface area contributed by atoms with E-state index in [1.807, 2.05) is 0 Å². The highest BCUT2D eigenvalue weighted by Crippen LogP contribution is 2.41. The van der Waals surface area contributed by atoms with Gasteiger partial charge in [0, 0.05) is 5.56 Å². The second-order valence-corrected chi connectivity index (χ2v) is 4.74. The summed E-state index contributed by atoms with van der Waals surface area (Å²) in [5.74, 6) is 1.09. The Hall–Kier alpha value is -1.28. The zero-order valence-electron chi connectivity index (χ0n) is 9.78. The number of rotatable bonds is 4. The number of guanidine groups is 1. The number of hydrogen-bond donors (Lipinski definition) is 2. The van der Waals surface area contributed by atoms with E-state index >= 15 is 0 Å².